The first-order valence-corrected chi connectivity index (χ1v) is 9.46. The van der Waals surface area contributed by atoms with Crippen molar-refractivity contribution in [2.45, 2.75) is 13.1 Å². The third-order valence-electron chi connectivity index (χ3n) is 4.57. The van der Waals surface area contributed by atoms with E-state index >= 15 is 0 Å². The predicted molar refractivity (Wildman–Crippen MR) is 112 cm³/mol. The largest absolute Gasteiger partial charge is 0.451 e. The molecule has 32 heavy (non-hydrogen) atoms. The Balaban J connectivity index is 1.55. The lowest BCUT2D eigenvalue weighted by atomic mass is 10.1. The van der Waals surface area contributed by atoms with Gasteiger partial charge in [0.2, 0.25) is 0 Å². The normalized spacial score (nSPS) is 11.4. The van der Waals surface area contributed by atoms with E-state index in [0.29, 0.717) is 22.8 Å². The molecule has 0 aliphatic carbocycles. The summed E-state index contributed by atoms with van der Waals surface area (Å²) in [6.07, 6.45) is -4.48. The molecule has 0 fully saturated rings. The van der Waals surface area contributed by atoms with Crippen LogP contribution in [0.3, 0.4) is 0 Å². The van der Waals surface area contributed by atoms with Gasteiger partial charge in [0.05, 0.1) is 5.56 Å². The molecule has 6 nitrogen and oxygen atoms in total. The molecule has 0 bridgehead atoms. The first-order chi connectivity index (χ1) is 15.2. The highest BCUT2D eigenvalue weighted by atomic mass is 19.4. The van der Waals surface area contributed by atoms with Gasteiger partial charge in [0.25, 0.3) is 11.5 Å². The topological polar surface area (TPSA) is 88.0 Å². The monoisotopic (exact) mass is 439 g/mol. The number of carbonyl (C=O) groups excluding carboxylic acids is 1. The summed E-state index contributed by atoms with van der Waals surface area (Å²) in [5.41, 5.74) is 0.671. The molecule has 0 aliphatic rings. The average molecular weight is 439 g/mol. The van der Waals surface area contributed by atoms with Crippen LogP contribution in [0.25, 0.3) is 22.7 Å². The standard InChI is InChI=1S/C23H16F3N3O3/c1-13-10-20(30)29-21(27-13)15-5-3-7-17(12-15)28-22(31)19-9-8-18(32-19)14-4-2-6-16(11-14)23(24,25)26/h2-12H,1H3,(H,28,31)(H,27,29,30). The van der Waals surface area contributed by atoms with E-state index in [4.69, 9.17) is 4.42 Å². The number of alkyl halides is 3. The van der Waals surface area contributed by atoms with E-state index in [0.717, 1.165) is 12.1 Å². The van der Waals surface area contributed by atoms with Gasteiger partial charge in [0, 0.05) is 28.6 Å². The molecule has 2 heterocycles. The van der Waals surface area contributed by atoms with Crippen molar-refractivity contribution in [2.75, 3.05) is 5.32 Å². The molecule has 0 saturated heterocycles. The Morgan fingerprint density at radius 3 is 2.50 bits per heavy atom. The zero-order chi connectivity index (χ0) is 22.9. The molecular weight excluding hydrogens is 423 g/mol. The quantitative estimate of drug-likeness (QED) is 0.453. The molecule has 0 spiro atoms. The number of benzene rings is 2. The summed E-state index contributed by atoms with van der Waals surface area (Å²) in [6, 6.07) is 15.5. The van der Waals surface area contributed by atoms with Crippen molar-refractivity contribution in [1.82, 2.24) is 9.97 Å². The van der Waals surface area contributed by atoms with Crippen LogP contribution in [0.5, 0.6) is 0 Å². The highest BCUT2D eigenvalue weighted by molar-refractivity contribution is 6.02. The van der Waals surface area contributed by atoms with Crippen molar-refractivity contribution in [3.63, 3.8) is 0 Å². The van der Waals surface area contributed by atoms with Crippen LogP contribution < -0.4 is 10.9 Å². The van der Waals surface area contributed by atoms with Gasteiger partial charge >= 0.3 is 6.18 Å². The zero-order valence-corrected chi connectivity index (χ0v) is 16.7. The van der Waals surface area contributed by atoms with Gasteiger partial charge in [0.1, 0.15) is 11.6 Å². The number of hydrogen-bond donors (Lipinski definition) is 2. The molecule has 0 radical (unpaired) electrons. The molecule has 0 atom stereocenters. The number of halogens is 3. The van der Waals surface area contributed by atoms with Gasteiger partial charge in [-0.3, -0.25) is 9.59 Å². The molecule has 2 N–H and O–H groups in total. The zero-order valence-electron chi connectivity index (χ0n) is 16.7. The minimum absolute atomic E-state index is 0.0649. The summed E-state index contributed by atoms with van der Waals surface area (Å²) >= 11 is 0. The number of aromatic amines is 1. The van der Waals surface area contributed by atoms with Crippen LogP contribution in [0.4, 0.5) is 18.9 Å². The van der Waals surface area contributed by atoms with Crippen molar-refractivity contribution in [2.24, 2.45) is 0 Å². The van der Waals surface area contributed by atoms with Gasteiger partial charge in [-0.05, 0) is 43.3 Å². The Morgan fingerprint density at radius 1 is 1.00 bits per heavy atom. The lowest BCUT2D eigenvalue weighted by Gasteiger charge is -2.08. The third-order valence-corrected chi connectivity index (χ3v) is 4.57. The van der Waals surface area contributed by atoms with Gasteiger partial charge in [-0.1, -0.05) is 24.3 Å². The van der Waals surface area contributed by atoms with Gasteiger partial charge < -0.3 is 14.7 Å². The molecule has 2 aromatic carbocycles. The van der Waals surface area contributed by atoms with Gasteiger partial charge in [-0.25, -0.2) is 4.98 Å². The highest BCUT2D eigenvalue weighted by Crippen LogP contribution is 2.32. The van der Waals surface area contributed by atoms with Crippen molar-refractivity contribution < 1.29 is 22.4 Å². The van der Waals surface area contributed by atoms with Crippen LogP contribution in [0.1, 0.15) is 21.8 Å². The van der Waals surface area contributed by atoms with E-state index in [-0.39, 0.29) is 22.6 Å². The maximum atomic E-state index is 12.9. The average Bonchev–Trinajstić information content (AvgIpc) is 3.23. The number of aromatic nitrogens is 2. The number of H-pyrrole nitrogens is 1. The second-order valence-corrected chi connectivity index (χ2v) is 7.01. The fraction of sp³-hybridized carbons (Fsp3) is 0.0870. The fourth-order valence-corrected chi connectivity index (χ4v) is 3.12. The maximum absolute atomic E-state index is 12.9. The highest BCUT2D eigenvalue weighted by Gasteiger charge is 2.30. The Labute approximate surface area is 179 Å². The second-order valence-electron chi connectivity index (χ2n) is 7.01. The lowest BCUT2D eigenvalue weighted by molar-refractivity contribution is -0.137. The number of nitrogens with one attached hydrogen (secondary N) is 2. The molecule has 9 heteroatoms. The Bertz CT molecular complexity index is 1360. The molecule has 4 rings (SSSR count). The number of rotatable bonds is 4. The van der Waals surface area contributed by atoms with Crippen LogP contribution >= 0.6 is 0 Å². The number of aryl methyl sites for hydroxylation is 1. The van der Waals surface area contributed by atoms with Crippen molar-refractivity contribution in [3.05, 3.63) is 94.1 Å². The smallest absolute Gasteiger partial charge is 0.416 e. The van der Waals surface area contributed by atoms with Crippen LogP contribution in [-0.2, 0) is 6.18 Å². The van der Waals surface area contributed by atoms with E-state index in [1.165, 1.54) is 30.3 Å². The number of nitrogens with zero attached hydrogens (tertiary/aromatic N) is 1. The molecule has 2 aromatic heterocycles. The van der Waals surface area contributed by atoms with E-state index in [2.05, 4.69) is 15.3 Å². The van der Waals surface area contributed by atoms with Crippen molar-refractivity contribution >= 4 is 11.6 Å². The SMILES string of the molecule is Cc1cc(=O)[nH]c(-c2cccc(NC(=O)c3ccc(-c4cccc(C(F)(F)F)c4)o3)c2)n1. The minimum atomic E-state index is -4.48. The molecule has 162 valence electrons. The number of amides is 1. The fourth-order valence-electron chi connectivity index (χ4n) is 3.12. The molecule has 0 unspecified atom stereocenters. The number of furan rings is 1. The minimum Gasteiger partial charge on any atom is -0.451 e. The van der Waals surface area contributed by atoms with Crippen LogP contribution in [0.15, 0.2) is 75.9 Å². The van der Waals surface area contributed by atoms with Gasteiger partial charge in [-0.2, -0.15) is 13.2 Å². The summed E-state index contributed by atoms with van der Waals surface area (Å²) < 4.78 is 44.3. The van der Waals surface area contributed by atoms with Gasteiger partial charge in [-0.15, -0.1) is 0 Å². The van der Waals surface area contributed by atoms with Gasteiger partial charge in [0.15, 0.2) is 5.76 Å². The summed E-state index contributed by atoms with van der Waals surface area (Å²) in [5, 5.41) is 2.67. The molecule has 0 saturated carbocycles. The molecule has 4 aromatic rings. The summed E-state index contributed by atoms with van der Waals surface area (Å²) in [7, 11) is 0. The van der Waals surface area contributed by atoms with Crippen LogP contribution in [-0.4, -0.2) is 15.9 Å². The van der Waals surface area contributed by atoms with E-state index < -0.39 is 17.6 Å². The van der Waals surface area contributed by atoms with Crippen LogP contribution in [0, 0.1) is 6.92 Å². The molecular formula is C23H16F3N3O3. The van der Waals surface area contributed by atoms with E-state index in [1.54, 1.807) is 31.2 Å². The Morgan fingerprint density at radius 2 is 1.75 bits per heavy atom. The summed E-state index contributed by atoms with van der Waals surface area (Å²) in [6.45, 7) is 1.70. The van der Waals surface area contributed by atoms with Crippen LogP contribution in [0.2, 0.25) is 0 Å². The summed E-state index contributed by atoms with van der Waals surface area (Å²) in [5.74, 6) is -0.150. The lowest BCUT2D eigenvalue weighted by Crippen LogP contribution is -2.11. The third kappa shape index (κ3) is 4.61. The maximum Gasteiger partial charge on any atom is 0.416 e. The molecule has 0 aliphatic heterocycles. The number of anilines is 1. The molecule has 1 amide bonds. The summed E-state index contributed by atoms with van der Waals surface area (Å²) in [4.78, 5) is 31.2. The number of carbonyl (C=O) groups is 1. The van der Waals surface area contributed by atoms with E-state index in [1.807, 2.05) is 0 Å². The van der Waals surface area contributed by atoms with E-state index in [9.17, 15) is 22.8 Å². The Kier molecular flexibility index (Phi) is 5.40. The van der Waals surface area contributed by atoms with Crippen molar-refractivity contribution in [1.29, 1.82) is 0 Å². The second kappa shape index (κ2) is 8.18. The van der Waals surface area contributed by atoms with Crippen molar-refractivity contribution in [3.8, 4) is 22.7 Å². The first kappa shape index (κ1) is 21.1. The number of hydrogen-bond acceptors (Lipinski definition) is 4. The Hall–Kier alpha value is -4.14. The predicted octanol–water partition coefficient (Wildman–Crippen LogP) is 5.28. The first-order valence-electron chi connectivity index (χ1n) is 9.46.